The number of halogens is 1. The summed E-state index contributed by atoms with van der Waals surface area (Å²) < 4.78 is 0. The van der Waals surface area contributed by atoms with Crippen LogP contribution in [0.4, 0.5) is 5.69 Å². The van der Waals surface area contributed by atoms with Gasteiger partial charge in [-0.1, -0.05) is 6.07 Å². The molecular weight excluding hydrogens is 248 g/mol. The number of carbonyl (C=O) groups excluding carboxylic acids is 1. The molecule has 2 aromatic rings. The van der Waals surface area contributed by atoms with Gasteiger partial charge in [0.15, 0.2) is 0 Å². The predicted octanol–water partition coefficient (Wildman–Crippen LogP) is 3.06. The number of anilines is 1. The summed E-state index contributed by atoms with van der Waals surface area (Å²) in [5.41, 5.74) is 4.47. The molecule has 0 atom stereocenters. The highest BCUT2D eigenvalue weighted by Crippen LogP contribution is 2.28. The highest BCUT2D eigenvalue weighted by Gasteiger charge is 2.14. The zero-order chi connectivity index (χ0) is 11.7. The molecule has 1 N–H and O–H groups in total. The van der Waals surface area contributed by atoms with Gasteiger partial charge in [-0.05, 0) is 47.4 Å². The molecule has 3 rings (SSSR count). The molecule has 2 heterocycles. The lowest BCUT2D eigenvalue weighted by atomic mass is 9.97. The molecule has 1 amide bonds. The average molecular weight is 261 g/mol. The number of amides is 1. The van der Waals surface area contributed by atoms with Crippen molar-refractivity contribution in [3.8, 4) is 11.1 Å². The Bertz CT molecular complexity index is 569. The first-order chi connectivity index (χ1) is 8.33. The summed E-state index contributed by atoms with van der Waals surface area (Å²) in [5, 5.41) is 2.89. The quantitative estimate of drug-likeness (QED) is 0.856. The second kappa shape index (κ2) is 5.19. The lowest BCUT2D eigenvalue weighted by Crippen LogP contribution is -2.18. The van der Waals surface area contributed by atoms with Crippen LogP contribution in [0.2, 0.25) is 0 Å². The average Bonchev–Trinajstić information content (AvgIpc) is 2.39. The number of carbonyl (C=O) groups is 1. The van der Waals surface area contributed by atoms with Crippen molar-refractivity contribution in [1.82, 2.24) is 4.98 Å². The summed E-state index contributed by atoms with van der Waals surface area (Å²) >= 11 is 0. The molecule has 18 heavy (non-hydrogen) atoms. The van der Waals surface area contributed by atoms with Crippen molar-refractivity contribution in [2.45, 2.75) is 12.8 Å². The van der Waals surface area contributed by atoms with Gasteiger partial charge in [0.05, 0.1) is 0 Å². The monoisotopic (exact) mass is 260 g/mol. The Labute approximate surface area is 112 Å². The van der Waals surface area contributed by atoms with Gasteiger partial charge in [-0.3, -0.25) is 9.78 Å². The molecule has 1 aliphatic heterocycles. The minimum Gasteiger partial charge on any atom is -0.326 e. The summed E-state index contributed by atoms with van der Waals surface area (Å²) in [4.78, 5) is 15.3. The van der Waals surface area contributed by atoms with Crippen LogP contribution in [-0.4, -0.2) is 10.9 Å². The van der Waals surface area contributed by atoms with Crippen LogP contribution in [0.5, 0.6) is 0 Å². The van der Waals surface area contributed by atoms with Crippen LogP contribution in [0.25, 0.3) is 11.1 Å². The molecule has 0 bridgehead atoms. The number of pyridine rings is 1. The number of aryl methyl sites for hydroxylation is 1. The summed E-state index contributed by atoms with van der Waals surface area (Å²) in [7, 11) is 0. The van der Waals surface area contributed by atoms with Crippen molar-refractivity contribution in [3.05, 3.63) is 48.3 Å². The fourth-order valence-corrected chi connectivity index (χ4v) is 2.11. The van der Waals surface area contributed by atoms with Crippen LogP contribution < -0.4 is 5.32 Å². The first kappa shape index (κ1) is 12.6. The molecule has 0 saturated heterocycles. The van der Waals surface area contributed by atoms with Crippen molar-refractivity contribution in [2.75, 3.05) is 5.32 Å². The minimum absolute atomic E-state index is 0. The second-order valence-corrected chi connectivity index (χ2v) is 4.16. The SMILES string of the molecule is Cl.O=C1CCc2cc(-c3ccncc3)ccc2N1. The van der Waals surface area contributed by atoms with E-state index in [0.29, 0.717) is 6.42 Å². The van der Waals surface area contributed by atoms with E-state index in [4.69, 9.17) is 0 Å². The van der Waals surface area contributed by atoms with Crippen LogP contribution in [0.15, 0.2) is 42.7 Å². The van der Waals surface area contributed by atoms with E-state index in [0.717, 1.165) is 17.7 Å². The van der Waals surface area contributed by atoms with Crippen LogP contribution in [0.3, 0.4) is 0 Å². The third-order valence-corrected chi connectivity index (χ3v) is 3.01. The molecule has 1 aromatic carbocycles. The van der Waals surface area contributed by atoms with Crippen molar-refractivity contribution < 1.29 is 4.79 Å². The Balaban J connectivity index is 0.00000120. The highest BCUT2D eigenvalue weighted by atomic mass is 35.5. The summed E-state index contributed by atoms with van der Waals surface area (Å²) in [6.07, 6.45) is 4.97. The van der Waals surface area contributed by atoms with Gasteiger partial charge in [0, 0.05) is 24.5 Å². The zero-order valence-electron chi connectivity index (χ0n) is 9.72. The summed E-state index contributed by atoms with van der Waals surface area (Å²) in [6, 6.07) is 10.1. The Kier molecular flexibility index (Phi) is 3.63. The van der Waals surface area contributed by atoms with E-state index < -0.39 is 0 Å². The predicted molar refractivity (Wildman–Crippen MR) is 73.9 cm³/mol. The molecule has 92 valence electrons. The van der Waals surface area contributed by atoms with E-state index in [1.807, 2.05) is 24.3 Å². The normalized spacial score (nSPS) is 13.2. The van der Waals surface area contributed by atoms with Crippen LogP contribution in [-0.2, 0) is 11.2 Å². The Morgan fingerprint density at radius 2 is 1.78 bits per heavy atom. The molecule has 0 saturated carbocycles. The van der Waals surface area contributed by atoms with Gasteiger partial charge < -0.3 is 5.32 Å². The Hall–Kier alpha value is -1.87. The van der Waals surface area contributed by atoms with Gasteiger partial charge in [-0.25, -0.2) is 0 Å². The number of nitrogens with one attached hydrogen (secondary N) is 1. The van der Waals surface area contributed by atoms with Gasteiger partial charge in [0.25, 0.3) is 0 Å². The third kappa shape index (κ3) is 2.36. The maximum Gasteiger partial charge on any atom is 0.224 e. The van der Waals surface area contributed by atoms with Gasteiger partial charge in [0.1, 0.15) is 0 Å². The third-order valence-electron chi connectivity index (χ3n) is 3.01. The summed E-state index contributed by atoms with van der Waals surface area (Å²) in [5.74, 6) is 0.106. The van der Waals surface area contributed by atoms with Crippen LogP contribution in [0.1, 0.15) is 12.0 Å². The molecule has 0 unspecified atom stereocenters. The topological polar surface area (TPSA) is 42.0 Å². The van der Waals surface area contributed by atoms with E-state index in [9.17, 15) is 4.79 Å². The van der Waals surface area contributed by atoms with Gasteiger partial charge in [-0.2, -0.15) is 0 Å². The smallest absolute Gasteiger partial charge is 0.224 e. The summed E-state index contributed by atoms with van der Waals surface area (Å²) in [6.45, 7) is 0. The van der Waals surface area contributed by atoms with Crippen molar-refractivity contribution in [3.63, 3.8) is 0 Å². The van der Waals surface area contributed by atoms with E-state index in [-0.39, 0.29) is 18.3 Å². The molecule has 4 heteroatoms. The van der Waals surface area contributed by atoms with Crippen molar-refractivity contribution in [2.24, 2.45) is 0 Å². The van der Waals surface area contributed by atoms with E-state index in [1.54, 1.807) is 12.4 Å². The van der Waals surface area contributed by atoms with Crippen LogP contribution in [0, 0.1) is 0 Å². The number of fused-ring (bicyclic) bond motifs is 1. The number of hydrogen-bond donors (Lipinski definition) is 1. The molecule has 0 radical (unpaired) electrons. The first-order valence-corrected chi connectivity index (χ1v) is 5.66. The molecule has 1 aromatic heterocycles. The number of aromatic nitrogens is 1. The van der Waals surface area contributed by atoms with Crippen molar-refractivity contribution in [1.29, 1.82) is 0 Å². The maximum absolute atomic E-state index is 11.3. The van der Waals surface area contributed by atoms with Gasteiger partial charge in [-0.15, -0.1) is 12.4 Å². The van der Waals surface area contributed by atoms with Gasteiger partial charge in [0.2, 0.25) is 5.91 Å². The maximum atomic E-state index is 11.3. The Morgan fingerprint density at radius 3 is 2.56 bits per heavy atom. The molecule has 0 fully saturated rings. The lowest BCUT2D eigenvalue weighted by Gasteiger charge is -2.17. The van der Waals surface area contributed by atoms with E-state index in [2.05, 4.69) is 16.4 Å². The van der Waals surface area contributed by atoms with Crippen molar-refractivity contribution >= 4 is 24.0 Å². The van der Waals surface area contributed by atoms with E-state index in [1.165, 1.54) is 11.1 Å². The Morgan fingerprint density at radius 1 is 1.00 bits per heavy atom. The molecule has 1 aliphatic rings. The second-order valence-electron chi connectivity index (χ2n) is 4.16. The van der Waals surface area contributed by atoms with E-state index >= 15 is 0 Å². The van der Waals surface area contributed by atoms with Crippen LogP contribution >= 0.6 is 12.4 Å². The fraction of sp³-hybridized carbons (Fsp3) is 0.143. The zero-order valence-corrected chi connectivity index (χ0v) is 10.5. The molecule has 0 spiro atoms. The number of nitrogens with zero attached hydrogens (tertiary/aromatic N) is 1. The standard InChI is InChI=1S/C14H12N2O.ClH/c17-14-4-2-12-9-11(1-3-13(12)16-14)10-5-7-15-8-6-10;/h1,3,5-9H,2,4H2,(H,16,17);1H. The fourth-order valence-electron chi connectivity index (χ4n) is 2.11. The van der Waals surface area contributed by atoms with Gasteiger partial charge >= 0.3 is 0 Å². The number of benzene rings is 1. The minimum atomic E-state index is 0. The molecule has 3 nitrogen and oxygen atoms in total. The lowest BCUT2D eigenvalue weighted by molar-refractivity contribution is -0.116. The number of hydrogen-bond acceptors (Lipinski definition) is 2. The first-order valence-electron chi connectivity index (χ1n) is 5.66. The molecular formula is C14H13ClN2O. The largest absolute Gasteiger partial charge is 0.326 e. The number of rotatable bonds is 1. The molecule has 0 aliphatic carbocycles. The highest BCUT2D eigenvalue weighted by molar-refractivity contribution is 5.94.